The molecule has 4 bridgehead atoms. The van der Waals surface area contributed by atoms with Gasteiger partial charge in [-0.1, -0.05) is 54.6 Å². The summed E-state index contributed by atoms with van der Waals surface area (Å²) >= 11 is -2.48. The molecule has 7 nitrogen and oxygen atoms in total. The highest BCUT2D eigenvalue weighted by atomic mass is 32.2. The third-order valence-corrected chi connectivity index (χ3v) is 7.01. The zero-order valence-corrected chi connectivity index (χ0v) is 21.4. The Hall–Kier alpha value is -3.04. The van der Waals surface area contributed by atoms with Gasteiger partial charge in [-0.25, -0.2) is 0 Å². The Balaban J connectivity index is 1.72. The van der Waals surface area contributed by atoms with E-state index in [0.717, 1.165) is 21.9 Å². The largest absolute Gasteiger partial charge is 0.755 e. The van der Waals surface area contributed by atoms with Gasteiger partial charge in [0.2, 0.25) is 0 Å². The number of aryl methyl sites for hydroxylation is 1. The van der Waals surface area contributed by atoms with Gasteiger partial charge in [0, 0.05) is 35.1 Å². The monoisotopic (exact) mass is 506 g/mol. The highest BCUT2D eigenvalue weighted by Gasteiger charge is 2.22. The van der Waals surface area contributed by atoms with Gasteiger partial charge in [-0.3, -0.25) is 9.00 Å². The average Bonchev–Trinajstić information content (AvgIpc) is 2.85. The molecule has 3 atom stereocenters. The van der Waals surface area contributed by atoms with Gasteiger partial charge in [0.05, 0.1) is 19.3 Å². The van der Waals surface area contributed by atoms with E-state index in [-0.39, 0.29) is 18.6 Å². The molecule has 0 radical (unpaired) electrons. The number of nitrogens with one attached hydrogen (secondary N) is 1. The van der Waals surface area contributed by atoms with Crippen LogP contribution in [-0.2, 0) is 35.5 Å². The van der Waals surface area contributed by atoms with Gasteiger partial charge in [-0.15, -0.1) is 0 Å². The summed E-state index contributed by atoms with van der Waals surface area (Å²) < 4.78 is 30.3. The van der Waals surface area contributed by atoms with Crippen LogP contribution in [0.3, 0.4) is 0 Å². The van der Waals surface area contributed by atoms with Crippen LogP contribution in [0, 0.1) is 0 Å². The van der Waals surface area contributed by atoms with Crippen molar-refractivity contribution in [2.75, 3.05) is 18.0 Å². The number of benzene rings is 3. The van der Waals surface area contributed by atoms with Crippen LogP contribution >= 0.6 is 0 Å². The number of rotatable bonds is 3. The van der Waals surface area contributed by atoms with Gasteiger partial charge in [0.25, 0.3) is 5.91 Å². The summed E-state index contributed by atoms with van der Waals surface area (Å²) in [5.74, 6) is -0.276. The van der Waals surface area contributed by atoms with E-state index in [1.807, 2.05) is 43.3 Å². The molecule has 1 heterocycles. The molecule has 190 valence electrons. The molecule has 1 aliphatic rings. The Bertz CT molecular complexity index is 1230. The normalized spacial score (nSPS) is 21.9. The number of nitrogens with zero attached hydrogens (tertiary/aromatic N) is 1. The minimum Gasteiger partial charge on any atom is -0.755 e. The molecular formula is C28H32N3O4S-. The zero-order chi connectivity index (χ0) is 25.7. The van der Waals surface area contributed by atoms with Crippen molar-refractivity contribution in [3.8, 4) is 0 Å². The van der Waals surface area contributed by atoms with E-state index in [2.05, 4.69) is 23.5 Å². The van der Waals surface area contributed by atoms with Crippen molar-refractivity contribution < 1.29 is 18.3 Å². The maximum Gasteiger partial charge on any atom is 0.251 e. The number of hydrogen-bond acceptors (Lipinski definition) is 5. The molecule has 0 fully saturated rings. The predicted octanol–water partition coefficient (Wildman–Crippen LogP) is 3.81. The molecule has 0 saturated carbocycles. The Labute approximate surface area is 215 Å². The van der Waals surface area contributed by atoms with Gasteiger partial charge >= 0.3 is 0 Å². The van der Waals surface area contributed by atoms with Gasteiger partial charge in [0.15, 0.2) is 0 Å². The first-order chi connectivity index (χ1) is 17.2. The molecule has 0 spiro atoms. The smallest absolute Gasteiger partial charge is 0.251 e. The molecule has 3 N–H and O–H groups in total. The summed E-state index contributed by atoms with van der Waals surface area (Å²) in [5.41, 5.74) is 10.7. The second kappa shape index (κ2) is 11.3. The molecule has 3 aromatic carbocycles. The summed E-state index contributed by atoms with van der Waals surface area (Å²) in [5, 5.41) is 3.17. The minimum atomic E-state index is -2.48. The van der Waals surface area contributed by atoms with Crippen LogP contribution in [0.25, 0.3) is 0 Å². The van der Waals surface area contributed by atoms with Crippen LogP contribution in [0.5, 0.6) is 0 Å². The molecule has 8 heteroatoms. The molecule has 3 aromatic rings. The van der Waals surface area contributed by atoms with Gasteiger partial charge < -0.3 is 24.6 Å². The number of anilines is 1. The first kappa shape index (κ1) is 26.0. The van der Waals surface area contributed by atoms with Gasteiger partial charge in [-0.05, 0) is 66.6 Å². The number of carbonyl (C=O) groups is 1. The van der Waals surface area contributed by atoms with Crippen molar-refractivity contribution in [1.29, 1.82) is 0 Å². The maximum atomic E-state index is 13.4. The van der Waals surface area contributed by atoms with Crippen LogP contribution < -0.4 is 15.4 Å². The topological polar surface area (TPSA) is 108 Å². The van der Waals surface area contributed by atoms with Crippen molar-refractivity contribution in [2.24, 2.45) is 5.73 Å². The van der Waals surface area contributed by atoms with E-state index < -0.39 is 16.8 Å². The van der Waals surface area contributed by atoms with E-state index in [1.54, 1.807) is 18.2 Å². The quantitative estimate of drug-likeness (QED) is 0.525. The number of carbonyl (C=O) groups excluding carboxylic acids is 1. The maximum absolute atomic E-state index is 13.4. The minimum absolute atomic E-state index is 0.197. The van der Waals surface area contributed by atoms with E-state index in [4.69, 9.17) is 10.5 Å². The lowest BCUT2D eigenvalue weighted by Gasteiger charge is -2.26. The fraction of sp³-hybridized carbons (Fsp3) is 0.321. The lowest BCUT2D eigenvalue weighted by atomic mass is 9.92. The van der Waals surface area contributed by atoms with Crippen molar-refractivity contribution in [1.82, 2.24) is 5.32 Å². The first-order valence-electron chi connectivity index (χ1n) is 12.0. The van der Waals surface area contributed by atoms with Crippen LogP contribution in [0.15, 0.2) is 72.8 Å². The number of fused-ring (bicyclic) bond motifs is 4. The Morgan fingerprint density at radius 3 is 2.56 bits per heavy atom. The van der Waals surface area contributed by atoms with Crippen LogP contribution in [-0.4, -0.2) is 33.9 Å². The summed E-state index contributed by atoms with van der Waals surface area (Å²) in [4.78, 5) is 13.4. The first-order valence-corrected chi connectivity index (χ1v) is 13.0. The van der Waals surface area contributed by atoms with E-state index in [9.17, 15) is 13.6 Å². The molecule has 1 amide bonds. The van der Waals surface area contributed by atoms with Crippen molar-refractivity contribution >= 4 is 22.9 Å². The second-order valence-corrected chi connectivity index (χ2v) is 10.7. The van der Waals surface area contributed by atoms with Gasteiger partial charge in [-0.2, -0.15) is 0 Å². The fourth-order valence-electron chi connectivity index (χ4n) is 4.53. The molecule has 0 aliphatic carbocycles. The third-order valence-electron chi connectivity index (χ3n) is 6.36. The van der Waals surface area contributed by atoms with Crippen LogP contribution in [0.4, 0.5) is 5.69 Å². The lowest BCUT2D eigenvalue weighted by molar-refractivity contribution is 0.0789. The number of ether oxygens (including phenoxy) is 1. The van der Waals surface area contributed by atoms with Gasteiger partial charge in [0.1, 0.15) is 0 Å². The predicted molar refractivity (Wildman–Crippen MR) is 141 cm³/mol. The molecule has 3 unspecified atom stereocenters. The Kier molecular flexibility index (Phi) is 8.21. The summed E-state index contributed by atoms with van der Waals surface area (Å²) in [7, 11) is 1.44. The molecule has 0 saturated heterocycles. The van der Waals surface area contributed by atoms with Crippen LogP contribution in [0.2, 0.25) is 0 Å². The zero-order valence-electron chi connectivity index (χ0n) is 20.6. The SMILES string of the molecule is CN(c1cc2cc(c1)C(=O)NC(c1ccccc1)CCc1cccc(c1)CC(C)(N)COC2)S(=O)[O-]. The van der Waals surface area contributed by atoms with E-state index >= 15 is 0 Å². The molecule has 0 aromatic heterocycles. The molecule has 4 rings (SSSR count). The summed E-state index contributed by atoms with van der Waals surface area (Å²) in [6.07, 6.45) is 2.14. The highest BCUT2D eigenvalue weighted by molar-refractivity contribution is 7.80. The molecule has 1 aliphatic heterocycles. The Morgan fingerprint density at radius 2 is 1.81 bits per heavy atom. The fourth-order valence-corrected chi connectivity index (χ4v) is 4.81. The molecular weight excluding hydrogens is 474 g/mol. The van der Waals surface area contributed by atoms with Crippen molar-refractivity contribution in [3.05, 3.63) is 101 Å². The number of hydrogen-bond donors (Lipinski definition) is 2. The molecule has 36 heavy (non-hydrogen) atoms. The van der Waals surface area contributed by atoms with Crippen LogP contribution in [0.1, 0.15) is 52.0 Å². The summed E-state index contributed by atoms with van der Waals surface area (Å²) in [6.45, 7) is 2.46. The average molecular weight is 507 g/mol. The standard InChI is InChI=1S/C28H33N3O4S/c1-28(29)17-21-8-6-7-20(13-21)11-12-26(23-9-4-3-5-10-23)30-27(32)24-14-22(18-35-19-28)15-25(16-24)31(2)36(33)34/h3-10,13-16,26H,11-12,17-19,29H2,1-2H3,(H,30,32)(H,33,34)/p-1. The van der Waals surface area contributed by atoms with E-state index in [1.165, 1.54) is 12.6 Å². The number of amides is 1. The number of nitrogens with two attached hydrogens (primary N) is 1. The highest BCUT2D eigenvalue weighted by Crippen LogP contribution is 2.25. The lowest BCUT2D eigenvalue weighted by Crippen LogP contribution is -2.43. The van der Waals surface area contributed by atoms with E-state index in [0.29, 0.717) is 36.3 Å². The van der Waals surface area contributed by atoms with Crippen molar-refractivity contribution in [2.45, 2.75) is 44.4 Å². The summed E-state index contributed by atoms with van der Waals surface area (Å²) in [6, 6.07) is 23.1. The van der Waals surface area contributed by atoms with Crippen molar-refractivity contribution in [3.63, 3.8) is 0 Å². The Morgan fingerprint density at radius 1 is 1.06 bits per heavy atom. The second-order valence-electron chi connectivity index (χ2n) is 9.72. The third kappa shape index (κ3) is 6.79.